The van der Waals surface area contributed by atoms with Gasteiger partial charge in [0.2, 0.25) is 0 Å². The van der Waals surface area contributed by atoms with E-state index in [1.54, 1.807) is 6.08 Å². The summed E-state index contributed by atoms with van der Waals surface area (Å²) >= 11 is 0. The van der Waals surface area contributed by atoms with Gasteiger partial charge in [-0.15, -0.1) is 6.58 Å². The number of rotatable bonds is 5. The Balaban J connectivity index is 2.88. The Hall–Kier alpha value is -2.97. The molecule has 0 aromatic carbocycles. The average Bonchev–Trinajstić information content (AvgIpc) is 2.54. The van der Waals surface area contributed by atoms with Crippen LogP contribution in [0, 0.1) is 0 Å². The molecule has 9 nitrogen and oxygen atoms in total. The third-order valence-corrected chi connectivity index (χ3v) is 3.50. The van der Waals surface area contributed by atoms with Gasteiger partial charge in [-0.25, -0.2) is 14.8 Å². The number of nitrogens with zero attached hydrogens (tertiary/aromatic N) is 4. The Bertz CT molecular complexity index is 912. The topological polar surface area (TPSA) is 119 Å². The summed E-state index contributed by atoms with van der Waals surface area (Å²) < 4.78 is 2.10. The monoisotopic (exact) mass is 319 g/mol. The van der Waals surface area contributed by atoms with Crippen LogP contribution in [0.25, 0.3) is 11.2 Å². The van der Waals surface area contributed by atoms with Crippen LogP contribution in [0.3, 0.4) is 0 Å². The van der Waals surface area contributed by atoms with E-state index in [1.165, 1.54) is 25.6 Å². The van der Waals surface area contributed by atoms with Crippen molar-refractivity contribution in [3.05, 3.63) is 39.2 Å². The van der Waals surface area contributed by atoms with Crippen LogP contribution in [0.15, 0.2) is 22.2 Å². The number of carboxylic acid groups (broad SMARTS) is 1. The normalized spacial score (nSPS) is 12.1. The number of aryl methyl sites for hydroxylation is 1. The van der Waals surface area contributed by atoms with Gasteiger partial charge in [0, 0.05) is 20.6 Å². The van der Waals surface area contributed by atoms with E-state index in [0.29, 0.717) is 6.54 Å². The zero-order valence-electron chi connectivity index (χ0n) is 13.0. The summed E-state index contributed by atoms with van der Waals surface area (Å²) in [6.07, 6.45) is 1.57. The quantitative estimate of drug-likeness (QED) is 0.733. The number of aromatic nitrogens is 4. The van der Waals surface area contributed by atoms with Gasteiger partial charge in [-0.2, -0.15) is 0 Å². The number of anilines is 1. The summed E-state index contributed by atoms with van der Waals surface area (Å²) in [5.74, 6) is -1.86. The highest BCUT2D eigenvalue weighted by molar-refractivity contribution is 5.79. The van der Waals surface area contributed by atoms with Crippen molar-refractivity contribution in [2.45, 2.75) is 12.8 Å². The summed E-state index contributed by atoms with van der Waals surface area (Å²) in [6, 6.07) is 0. The fraction of sp³-hybridized carbons (Fsp3) is 0.357. The maximum absolute atomic E-state index is 12.2. The molecular formula is C14H17N5O4. The van der Waals surface area contributed by atoms with Crippen molar-refractivity contribution in [1.29, 1.82) is 0 Å². The highest BCUT2D eigenvalue weighted by Crippen LogP contribution is 2.22. The van der Waals surface area contributed by atoms with E-state index in [2.05, 4.69) is 21.9 Å². The summed E-state index contributed by atoms with van der Waals surface area (Å²) in [5.41, 5.74) is -0.995. The van der Waals surface area contributed by atoms with Gasteiger partial charge >= 0.3 is 11.7 Å². The zero-order valence-corrected chi connectivity index (χ0v) is 13.0. The molecule has 0 bridgehead atoms. The Kier molecular flexibility index (Phi) is 4.30. The van der Waals surface area contributed by atoms with Crippen LogP contribution in [0.2, 0.25) is 0 Å². The van der Waals surface area contributed by atoms with Crippen LogP contribution in [0.4, 0.5) is 5.82 Å². The minimum atomic E-state index is -1.10. The lowest BCUT2D eigenvalue weighted by Crippen LogP contribution is -2.38. The molecule has 0 spiro atoms. The van der Waals surface area contributed by atoms with Crippen LogP contribution in [-0.4, -0.2) is 36.7 Å². The molecule has 0 saturated carbocycles. The van der Waals surface area contributed by atoms with Crippen molar-refractivity contribution in [2.75, 3.05) is 11.9 Å². The molecule has 9 heteroatoms. The lowest BCUT2D eigenvalue weighted by molar-refractivity contribution is -0.138. The Morgan fingerprint density at radius 2 is 2.00 bits per heavy atom. The van der Waals surface area contributed by atoms with Gasteiger partial charge < -0.3 is 10.4 Å². The molecule has 1 unspecified atom stereocenters. The Morgan fingerprint density at radius 3 is 2.57 bits per heavy atom. The molecular weight excluding hydrogens is 302 g/mol. The molecule has 2 heterocycles. The number of hydrogen-bond acceptors (Lipinski definition) is 6. The molecule has 0 aliphatic rings. The number of hydrogen-bond donors (Lipinski definition) is 2. The van der Waals surface area contributed by atoms with E-state index in [1.807, 2.05) is 0 Å². The second-order valence-electron chi connectivity index (χ2n) is 5.06. The molecule has 1 atom stereocenters. The predicted octanol–water partition coefficient (Wildman–Crippen LogP) is -0.187. The highest BCUT2D eigenvalue weighted by atomic mass is 16.4. The highest BCUT2D eigenvalue weighted by Gasteiger charge is 2.23. The average molecular weight is 319 g/mol. The first kappa shape index (κ1) is 16.4. The van der Waals surface area contributed by atoms with Gasteiger partial charge in [-0.05, 0) is 6.92 Å². The maximum Gasteiger partial charge on any atom is 0.332 e. The number of nitrogens with one attached hydrogen (secondary N) is 1. The number of carboxylic acids is 1. The molecule has 0 fully saturated rings. The van der Waals surface area contributed by atoms with Gasteiger partial charge in [-0.3, -0.25) is 18.7 Å². The second kappa shape index (κ2) is 6.03. The smallest absolute Gasteiger partial charge is 0.332 e. The van der Waals surface area contributed by atoms with Crippen molar-refractivity contribution >= 4 is 23.0 Å². The summed E-state index contributed by atoms with van der Waals surface area (Å²) in [4.78, 5) is 43.9. The lowest BCUT2D eigenvalue weighted by Gasteiger charge is -2.14. The molecule has 0 saturated heterocycles. The standard InChI is InChI=1S/C14H17N5O4/c1-5-6-15-10-8(7(2)13(21)22)16-9-11(17-10)18(3)14(23)19(4)12(9)20/h5,7H,1,6H2,2-4H3,(H,15,17)(H,21,22). The van der Waals surface area contributed by atoms with Crippen molar-refractivity contribution < 1.29 is 9.90 Å². The third-order valence-electron chi connectivity index (χ3n) is 3.50. The van der Waals surface area contributed by atoms with E-state index in [-0.39, 0.29) is 22.7 Å². The minimum absolute atomic E-state index is 0.0538. The van der Waals surface area contributed by atoms with Crippen LogP contribution in [0.5, 0.6) is 0 Å². The van der Waals surface area contributed by atoms with Gasteiger partial charge in [0.15, 0.2) is 17.0 Å². The Morgan fingerprint density at radius 1 is 1.35 bits per heavy atom. The van der Waals surface area contributed by atoms with E-state index < -0.39 is 23.1 Å². The van der Waals surface area contributed by atoms with Crippen LogP contribution in [-0.2, 0) is 18.9 Å². The zero-order chi connectivity index (χ0) is 17.3. The molecule has 122 valence electrons. The predicted molar refractivity (Wildman–Crippen MR) is 84.8 cm³/mol. The van der Waals surface area contributed by atoms with Gasteiger partial charge in [-0.1, -0.05) is 6.08 Å². The number of carbonyl (C=O) groups is 1. The first-order chi connectivity index (χ1) is 10.8. The lowest BCUT2D eigenvalue weighted by atomic mass is 10.1. The maximum atomic E-state index is 12.2. The SMILES string of the molecule is C=CCNc1nc2c(nc1C(C)C(=O)O)c(=O)n(C)c(=O)n2C. The van der Waals surface area contributed by atoms with Gasteiger partial charge in [0.25, 0.3) is 5.56 Å². The second-order valence-corrected chi connectivity index (χ2v) is 5.06. The van der Waals surface area contributed by atoms with Crippen LogP contribution < -0.4 is 16.6 Å². The molecule has 0 aliphatic carbocycles. The van der Waals surface area contributed by atoms with E-state index >= 15 is 0 Å². The summed E-state index contributed by atoms with van der Waals surface area (Å²) in [5, 5.41) is 12.1. The van der Waals surface area contributed by atoms with E-state index in [0.717, 1.165) is 4.57 Å². The molecule has 2 aromatic heterocycles. The van der Waals surface area contributed by atoms with Crippen molar-refractivity contribution in [3.8, 4) is 0 Å². The first-order valence-electron chi connectivity index (χ1n) is 6.84. The fourth-order valence-corrected chi connectivity index (χ4v) is 2.10. The third kappa shape index (κ3) is 2.72. The van der Waals surface area contributed by atoms with Crippen molar-refractivity contribution in [1.82, 2.24) is 19.1 Å². The largest absolute Gasteiger partial charge is 0.481 e. The molecule has 2 rings (SSSR count). The molecule has 23 heavy (non-hydrogen) atoms. The van der Waals surface area contributed by atoms with Gasteiger partial charge in [0.05, 0.1) is 11.6 Å². The number of aliphatic carboxylic acids is 1. The number of fused-ring (bicyclic) bond motifs is 1. The molecule has 0 amide bonds. The molecule has 2 aromatic rings. The molecule has 0 radical (unpaired) electrons. The Labute approximate surface area is 130 Å². The van der Waals surface area contributed by atoms with Crippen LogP contribution >= 0.6 is 0 Å². The first-order valence-corrected chi connectivity index (χ1v) is 6.84. The summed E-state index contributed by atoms with van der Waals surface area (Å²) in [6.45, 7) is 5.35. The van der Waals surface area contributed by atoms with E-state index in [9.17, 15) is 19.5 Å². The molecule has 2 N–H and O–H groups in total. The fourth-order valence-electron chi connectivity index (χ4n) is 2.10. The summed E-state index contributed by atoms with van der Waals surface area (Å²) in [7, 11) is 2.80. The van der Waals surface area contributed by atoms with Crippen molar-refractivity contribution in [2.24, 2.45) is 14.1 Å². The van der Waals surface area contributed by atoms with Crippen molar-refractivity contribution in [3.63, 3.8) is 0 Å². The minimum Gasteiger partial charge on any atom is -0.481 e. The van der Waals surface area contributed by atoms with E-state index in [4.69, 9.17) is 0 Å². The van der Waals surface area contributed by atoms with Crippen LogP contribution in [0.1, 0.15) is 18.5 Å². The molecule has 0 aliphatic heterocycles. The van der Waals surface area contributed by atoms with Gasteiger partial charge in [0.1, 0.15) is 0 Å².